The van der Waals surface area contributed by atoms with Gasteiger partial charge in [0.25, 0.3) is 0 Å². The second-order valence-electron chi connectivity index (χ2n) is 5.51. The highest BCUT2D eigenvalue weighted by Gasteiger charge is 2.09. The Kier molecular flexibility index (Phi) is 4.11. The zero-order valence-electron chi connectivity index (χ0n) is 13.5. The first-order chi connectivity index (χ1) is 12.2. The average molecular weight is 395 g/mol. The minimum absolute atomic E-state index is 0.507. The van der Waals surface area contributed by atoms with Crippen molar-refractivity contribution in [3.63, 3.8) is 0 Å². The normalized spacial score (nSPS) is 10.8. The van der Waals surface area contributed by atoms with Gasteiger partial charge in [-0.2, -0.15) is 0 Å². The number of methoxy groups -OCH3 is 1. The van der Waals surface area contributed by atoms with E-state index in [0.717, 1.165) is 38.2 Å². The standard InChI is InChI=1S/C19H15BrN4O/c1-25-18-7-6-13(20)11-17(18)24-19-21-9-8-15(23-19)16-10-12-4-2-3-5-14(12)22-16/h2-11,22H,1H3,(H,21,23,24). The van der Waals surface area contributed by atoms with E-state index in [-0.39, 0.29) is 0 Å². The van der Waals surface area contributed by atoms with Gasteiger partial charge in [0.2, 0.25) is 5.95 Å². The van der Waals surface area contributed by atoms with Crippen LogP contribution in [0, 0.1) is 0 Å². The Balaban J connectivity index is 1.69. The maximum atomic E-state index is 5.38. The van der Waals surface area contributed by atoms with Crippen molar-refractivity contribution in [1.82, 2.24) is 15.0 Å². The summed E-state index contributed by atoms with van der Waals surface area (Å²) in [5, 5.41) is 4.37. The van der Waals surface area contributed by atoms with Crippen LogP contribution in [0.5, 0.6) is 5.75 Å². The topological polar surface area (TPSA) is 62.8 Å². The molecule has 0 aliphatic rings. The summed E-state index contributed by atoms with van der Waals surface area (Å²) in [7, 11) is 1.64. The Labute approximate surface area is 153 Å². The predicted octanol–water partition coefficient (Wildman–Crippen LogP) is 5.14. The van der Waals surface area contributed by atoms with Gasteiger partial charge in [0.15, 0.2) is 0 Å². The van der Waals surface area contributed by atoms with Crippen LogP contribution in [0.1, 0.15) is 0 Å². The van der Waals surface area contributed by atoms with Gasteiger partial charge in [0.1, 0.15) is 5.75 Å². The summed E-state index contributed by atoms with van der Waals surface area (Å²) >= 11 is 3.47. The van der Waals surface area contributed by atoms with Gasteiger partial charge in [-0.25, -0.2) is 9.97 Å². The van der Waals surface area contributed by atoms with Crippen molar-refractivity contribution >= 4 is 38.5 Å². The van der Waals surface area contributed by atoms with Gasteiger partial charge in [0, 0.05) is 21.6 Å². The molecule has 2 N–H and O–H groups in total. The lowest BCUT2D eigenvalue weighted by Crippen LogP contribution is -2.00. The number of hydrogen-bond acceptors (Lipinski definition) is 4. The summed E-state index contributed by atoms with van der Waals surface area (Å²) < 4.78 is 6.33. The molecule has 124 valence electrons. The minimum atomic E-state index is 0.507. The number of aromatic nitrogens is 3. The first kappa shape index (κ1) is 15.7. The van der Waals surface area contributed by atoms with Gasteiger partial charge >= 0.3 is 0 Å². The number of aromatic amines is 1. The van der Waals surface area contributed by atoms with E-state index in [9.17, 15) is 0 Å². The number of anilines is 2. The third-order valence-corrected chi connectivity index (χ3v) is 4.36. The molecule has 0 bridgehead atoms. The molecule has 4 rings (SSSR count). The largest absolute Gasteiger partial charge is 0.495 e. The summed E-state index contributed by atoms with van der Waals surface area (Å²) in [4.78, 5) is 12.3. The Hall–Kier alpha value is -2.86. The number of nitrogens with zero attached hydrogens (tertiary/aromatic N) is 2. The van der Waals surface area contributed by atoms with Crippen LogP contribution in [0.3, 0.4) is 0 Å². The number of H-pyrrole nitrogens is 1. The van der Waals surface area contributed by atoms with E-state index < -0.39 is 0 Å². The number of benzene rings is 2. The van der Waals surface area contributed by atoms with Crippen LogP contribution in [0.4, 0.5) is 11.6 Å². The molecule has 0 atom stereocenters. The number of rotatable bonds is 4. The molecule has 0 unspecified atom stereocenters. The summed E-state index contributed by atoms with van der Waals surface area (Å²) in [5.74, 6) is 1.23. The van der Waals surface area contributed by atoms with Gasteiger partial charge in [-0.1, -0.05) is 34.1 Å². The molecule has 2 aromatic carbocycles. The Morgan fingerprint density at radius 3 is 2.80 bits per heavy atom. The Bertz CT molecular complexity index is 1010. The molecule has 2 heterocycles. The molecule has 0 aliphatic carbocycles. The molecule has 0 aliphatic heterocycles. The molecule has 25 heavy (non-hydrogen) atoms. The average Bonchev–Trinajstić information content (AvgIpc) is 3.06. The van der Waals surface area contributed by atoms with E-state index in [1.54, 1.807) is 13.3 Å². The van der Waals surface area contributed by atoms with Crippen molar-refractivity contribution in [3.8, 4) is 17.1 Å². The number of nitrogens with one attached hydrogen (secondary N) is 2. The summed E-state index contributed by atoms with van der Waals surface area (Å²) in [6, 6.07) is 17.8. The van der Waals surface area contributed by atoms with Crippen molar-refractivity contribution in [2.24, 2.45) is 0 Å². The Morgan fingerprint density at radius 2 is 1.96 bits per heavy atom. The van der Waals surface area contributed by atoms with Gasteiger partial charge in [0.05, 0.1) is 24.2 Å². The highest BCUT2D eigenvalue weighted by molar-refractivity contribution is 9.10. The van der Waals surface area contributed by atoms with Gasteiger partial charge < -0.3 is 15.0 Å². The zero-order chi connectivity index (χ0) is 17.2. The fraction of sp³-hybridized carbons (Fsp3) is 0.0526. The van der Waals surface area contributed by atoms with Crippen LogP contribution in [0.2, 0.25) is 0 Å². The van der Waals surface area contributed by atoms with E-state index in [0.29, 0.717) is 5.95 Å². The number of fused-ring (bicyclic) bond motifs is 1. The monoisotopic (exact) mass is 394 g/mol. The van der Waals surface area contributed by atoms with Crippen LogP contribution >= 0.6 is 15.9 Å². The van der Waals surface area contributed by atoms with E-state index in [1.807, 2.05) is 42.5 Å². The van der Waals surface area contributed by atoms with Gasteiger partial charge in [-0.3, -0.25) is 0 Å². The van der Waals surface area contributed by atoms with Gasteiger partial charge in [-0.15, -0.1) is 0 Å². The van der Waals surface area contributed by atoms with E-state index in [1.165, 1.54) is 0 Å². The van der Waals surface area contributed by atoms with Crippen LogP contribution in [0.25, 0.3) is 22.3 Å². The smallest absolute Gasteiger partial charge is 0.227 e. The molecule has 4 aromatic rings. The maximum absolute atomic E-state index is 5.38. The molecule has 0 saturated carbocycles. The lowest BCUT2D eigenvalue weighted by molar-refractivity contribution is 0.416. The predicted molar refractivity (Wildman–Crippen MR) is 103 cm³/mol. The summed E-state index contributed by atoms with van der Waals surface area (Å²) in [5.41, 5.74) is 3.65. The molecule has 0 radical (unpaired) electrons. The van der Waals surface area contributed by atoms with Crippen LogP contribution in [-0.2, 0) is 0 Å². The molecular weight excluding hydrogens is 380 g/mol. The lowest BCUT2D eigenvalue weighted by Gasteiger charge is -2.10. The van der Waals surface area contributed by atoms with Crippen molar-refractivity contribution in [3.05, 3.63) is 65.3 Å². The molecule has 5 nitrogen and oxygen atoms in total. The first-order valence-electron chi connectivity index (χ1n) is 7.75. The van der Waals surface area contributed by atoms with Crippen molar-refractivity contribution in [2.45, 2.75) is 0 Å². The van der Waals surface area contributed by atoms with Crippen LogP contribution in [0.15, 0.2) is 65.3 Å². The van der Waals surface area contributed by atoms with Crippen LogP contribution < -0.4 is 10.1 Å². The number of halogens is 1. The summed E-state index contributed by atoms with van der Waals surface area (Å²) in [6.45, 7) is 0. The molecule has 6 heteroatoms. The van der Waals surface area contributed by atoms with E-state index in [4.69, 9.17) is 4.74 Å². The molecular formula is C19H15BrN4O. The van der Waals surface area contributed by atoms with Crippen molar-refractivity contribution in [1.29, 1.82) is 0 Å². The second kappa shape index (κ2) is 6.57. The molecule has 0 fully saturated rings. The molecule has 0 saturated heterocycles. The molecule has 0 spiro atoms. The van der Waals surface area contributed by atoms with Crippen molar-refractivity contribution < 1.29 is 4.74 Å². The summed E-state index contributed by atoms with van der Waals surface area (Å²) in [6.07, 6.45) is 1.74. The minimum Gasteiger partial charge on any atom is -0.495 e. The highest BCUT2D eigenvalue weighted by atomic mass is 79.9. The molecule has 0 amide bonds. The number of hydrogen-bond donors (Lipinski definition) is 2. The van der Waals surface area contributed by atoms with E-state index in [2.05, 4.69) is 48.3 Å². The number of ether oxygens (including phenoxy) is 1. The zero-order valence-corrected chi connectivity index (χ0v) is 15.0. The lowest BCUT2D eigenvalue weighted by atomic mass is 10.2. The quantitative estimate of drug-likeness (QED) is 0.502. The second-order valence-corrected chi connectivity index (χ2v) is 6.42. The third-order valence-electron chi connectivity index (χ3n) is 3.87. The molecule has 2 aromatic heterocycles. The highest BCUT2D eigenvalue weighted by Crippen LogP contribution is 2.30. The Morgan fingerprint density at radius 1 is 1.08 bits per heavy atom. The van der Waals surface area contributed by atoms with Gasteiger partial charge in [-0.05, 0) is 36.4 Å². The fourth-order valence-electron chi connectivity index (χ4n) is 2.68. The fourth-order valence-corrected chi connectivity index (χ4v) is 3.04. The SMILES string of the molecule is COc1ccc(Br)cc1Nc1nccc(-c2cc3ccccc3[nH]2)n1. The first-order valence-corrected chi connectivity index (χ1v) is 8.54. The maximum Gasteiger partial charge on any atom is 0.227 e. The third kappa shape index (κ3) is 3.21. The van der Waals surface area contributed by atoms with Crippen molar-refractivity contribution in [2.75, 3.05) is 12.4 Å². The van der Waals surface area contributed by atoms with E-state index >= 15 is 0 Å². The van der Waals surface area contributed by atoms with Crippen LogP contribution in [-0.4, -0.2) is 22.1 Å². The number of para-hydroxylation sites is 1.